The predicted octanol–water partition coefficient (Wildman–Crippen LogP) is 3.95. The molecule has 2 aromatic rings. The lowest BCUT2D eigenvalue weighted by atomic mass is 10.0. The number of rotatable bonds is 4. The second-order valence-corrected chi connectivity index (χ2v) is 4.43. The first-order valence-electron chi connectivity index (χ1n) is 5.30. The minimum Gasteiger partial charge on any atom is -0.256 e. The fourth-order valence-electron chi connectivity index (χ4n) is 1.78. The largest absolute Gasteiger partial charge is 0.256 e. The summed E-state index contributed by atoms with van der Waals surface area (Å²) in [6, 6.07) is 10.5. The van der Waals surface area contributed by atoms with Crippen LogP contribution in [0.5, 0.6) is 0 Å². The molecule has 0 bridgehead atoms. The van der Waals surface area contributed by atoms with Gasteiger partial charge in [0.25, 0.3) is 0 Å². The summed E-state index contributed by atoms with van der Waals surface area (Å²) < 4.78 is 0. The molecule has 1 heterocycles. The zero-order valence-electron chi connectivity index (χ0n) is 8.62. The van der Waals surface area contributed by atoms with Gasteiger partial charge in [0.1, 0.15) is 0 Å². The van der Waals surface area contributed by atoms with Crippen molar-refractivity contribution >= 4 is 26.8 Å². The van der Waals surface area contributed by atoms with Gasteiger partial charge in [-0.3, -0.25) is 4.98 Å². The number of fused-ring (bicyclic) bond motifs is 1. The SMILES string of the molecule is BrCCCCc1ccnc2ccccc12. The van der Waals surface area contributed by atoms with Gasteiger partial charge in [-0.05, 0) is 37.0 Å². The Balaban J connectivity index is 2.26. The van der Waals surface area contributed by atoms with Crippen molar-refractivity contribution in [3.8, 4) is 0 Å². The number of para-hydroxylation sites is 1. The van der Waals surface area contributed by atoms with E-state index in [0.29, 0.717) is 0 Å². The lowest BCUT2D eigenvalue weighted by molar-refractivity contribution is 0.809. The minimum absolute atomic E-state index is 1.09. The first-order chi connectivity index (χ1) is 7.42. The summed E-state index contributed by atoms with van der Waals surface area (Å²) >= 11 is 3.46. The number of unbranched alkanes of at least 4 members (excludes halogenated alkanes) is 1. The second kappa shape index (κ2) is 5.26. The third-order valence-corrected chi connectivity index (χ3v) is 3.13. The molecule has 0 fully saturated rings. The first kappa shape index (κ1) is 10.6. The molecular formula is C13H14BrN. The number of pyridine rings is 1. The second-order valence-electron chi connectivity index (χ2n) is 3.63. The van der Waals surface area contributed by atoms with E-state index in [0.717, 1.165) is 17.3 Å². The molecule has 0 unspecified atom stereocenters. The number of nitrogens with zero attached hydrogens (tertiary/aromatic N) is 1. The normalized spacial score (nSPS) is 10.7. The lowest BCUT2D eigenvalue weighted by Gasteiger charge is -2.04. The van der Waals surface area contributed by atoms with Crippen molar-refractivity contribution < 1.29 is 0 Å². The van der Waals surface area contributed by atoms with E-state index in [4.69, 9.17) is 0 Å². The Labute approximate surface area is 98.7 Å². The topological polar surface area (TPSA) is 12.9 Å². The Hall–Kier alpha value is -0.890. The van der Waals surface area contributed by atoms with Crippen LogP contribution in [0.3, 0.4) is 0 Å². The van der Waals surface area contributed by atoms with Crippen LogP contribution in [0.2, 0.25) is 0 Å². The Kier molecular flexibility index (Phi) is 3.73. The van der Waals surface area contributed by atoms with Crippen LogP contribution in [0.15, 0.2) is 36.5 Å². The molecule has 0 spiro atoms. The van der Waals surface area contributed by atoms with Crippen molar-refractivity contribution in [3.63, 3.8) is 0 Å². The molecule has 1 nitrogen and oxygen atoms in total. The van der Waals surface area contributed by atoms with Gasteiger partial charge in [0, 0.05) is 16.9 Å². The number of aromatic nitrogens is 1. The summed E-state index contributed by atoms with van der Waals surface area (Å²) in [6.07, 6.45) is 5.52. The number of benzene rings is 1. The van der Waals surface area contributed by atoms with Crippen LogP contribution >= 0.6 is 15.9 Å². The lowest BCUT2D eigenvalue weighted by Crippen LogP contribution is -1.89. The van der Waals surface area contributed by atoms with E-state index in [1.165, 1.54) is 23.8 Å². The Morgan fingerprint density at radius 1 is 1.07 bits per heavy atom. The van der Waals surface area contributed by atoms with Crippen molar-refractivity contribution in [2.45, 2.75) is 19.3 Å². The van der Waals surface area contributed by atoms with Crippen LogP contribution in [0.1, 0.15) is 18.4 Å². The van der Waals surface area contributed by atoms with Gasteiger partial charge in [-0.1, -0.05) is 34.1 Å². The molecule has 78 valence electrons. The van der Waals surface area contributed by atoms with Crippen molar-refractivity contribution in [2.24, 2.45) is 0 Å². The number of halogens is 1. The summed E-state index contributed by atoms with van der Waals surface area (Å²) in [5.74, 6) is 0. The highest BCUT2D eigenvalue weighted by Crippen LogP contribution is 2.18. The number of aryl methyl sites for hydroxylation is 1. The maximum Gasteiger partial charge on any atom is 0.0704 e. The standard InChI is InChI=1S/C13H14BrN/c14-9-4-3-5-11-8-10-15-13-7-2-1-6-12(11)13/h1-2,6-8,10H,3-5,9H2. The molecule has 2 heteroatoms. The molecule has 0 aliphatic rings. The van der Waals surface area contributed by atoms with E-state index in [2.05, 4.69) is 45.2 Å². The Morgan fingerprint density at radius 3 is 2.80 bits per heavy atom. The highest BCUT2D eigenvalue weighted by molar-refractivity contribution is 9.09. The van der Waals surface area contributed by atoms with Gasteiger partial charge in [0.15, 0.2) is 0 Å². The maximum atomic E-state index is 4.36. The van der Waals surface area contributed by atoms with Gasteiger partial charge < -0.3 is 0 Å². The van der Waals surface area contributed by atoms with Gasteiger partial charge >= 0.3 is 0 Å². The van der Waals surface area contributed by atoms with E-state index in [1.807, 2.05) is 12.3 Å². The summed E-state index contributed by atoms with van der Waals surface area (Å²) in [4.78, 5) is 4.36. The third-order valence-electron chi connectivity index (χ3n) is 2.57. The zero-order valence-corrected chi connectivity index (χ0v) is 10.2. The third kappa shape index (κ3) is 2.57. The van der Waals surface area contributed by atoms with Crippen LogP contribution in [0.25, 0.3) is 10.9 Å². The molecule has 2 rings (SSSR count). The number of alkyl halides is 1. The summed E-state index contributed by atoms with van der Waals surface area (Å²) in [5, 5.41) is 2.39. The van der Waals surface area contributed by atoms with Crippen molar-refractivity contribution in [3.05, 3.63) is 42.1 Å². The summed E-state index contributed by atoms with van der Waals surface area (Å²) in [5.41, 5.74) is 2.52. The van der Waals surface area contributed by atoms with Gasteiger partial charge in [-0.15, -0.1) is 0 Å². The molecular weight excluding hydrogens is 250 g/mol. The average Bonchev–Trinajstić information content (AvgIpc) is 2.30. The summed E-state index contributed by atoms with van der Waals surface area (Å²) in [6.45, 7) is 0. The first-order valence-corrected chi connectivity index (χ1v) is 6.42. The fraction of sp³-hybridized carbons (Fsp3) is 0.308. The van der Waals surface area contributed by atoms with Crippen molar-refractivity contribution in [2.75, 3.05) is 5.33 Å². The van der Waals surface area contributed by atoms with E-state index >= 15 is 0 Å². The van der Waals surface area contributed by atoms with E-state index in [-0.39, 0.29) is 0 Å². The molecule has 0 saturated carbocycles. The Morgan fingerprint density at radius 2 is 1.93 bits per heavy atom. The molecule has 0 aliphatic carbocycles. The van der Waals surface area contributed by atoms with E-state index < -0.39 is 0 Å². The zero-order chi connectivity index (χ0) is 10.5. The van der Waals surface area contributed by atoms with Crippen LogP contribution < -0.4 is 0 Å². The van der Waals surface area contributed by atoms with E-state index in [1.54, 1.807) is 0 Å². The molecule has 0 aliphatic heterocycles. The van der Waals surface area contributed by atoms with Crippen LogP contribution in [0.4, 0.5) is 0 Å². The molecule has 0 amide bonds. The Bertz CT molecular complexity index is 434. The fourth-order valence-corrected chi connectivity index (χ4v) is 2.18. The van der Waals surface area contributed by atoms with Crippen LogP contribution in [-0.4, -0.2) is 10.3 Å². The van der Waals surface area contributed by atoms with Crippen LogP contribution in [0, 0.1) is 0 Å². The van der Waals surface area contributed by atoms with E-state index in [9.17, 15) is 0 Å². The molecule has 1 aromatic heterocycles. The molecule has 0 saturated heterocycles. The van der Waals surface area contributed by atoms with Gasteiger partial charge in [-0.2, -0.15) is 0 Å². The molecule has 0 N–H and O–H groups in total. The smallest absolute Gasteiger partial charge is 0.0704 e. The highest BCUT2D eigenvalue weighted by atomic mass is 79.9. The van der Waals surface area contributed by atoms with Gasteiger partial charge in [0.2, 0.25) is 0 Å². The predicted molar refractivity (Wildman–Crippen MR) is 68.5 cm³/mol. The monoisotopic (exact) mass is 263 g/mol. The summed E-state index contributed by atoms with van der Waals surface area (Å²) in [7, 11) is 0. The molecule has 1 aromatic carbocycles. The molecule has 15 heavy (non-hydrogen) atoms. The van der Waals surface area contributed by atoms with Gasteiger partial charge in [-0.25, -0.2) is 0 Å². The average molecular weight is 264 g/mol. The number of hydrogen-bond acceptors (Lipinski definition) is 1. The van der Waals surface area contributed by atoms with Crippen molar-refractivity contribution in [1.82, 2.24) is 4.98 Å². The highest BCUT2D eigenvalue weighted by Gasteiger charge is 2.00. The quantitative estimate of drug-likeness (QED) is 0.601. The number of hydrogen-bond donors (Lipinski definition) is 0. The maximum absolute atomic E-state index is 4.36. The van der Waals surface area contributed by atoms with Crippen molar-refractivity contribution in [1.29, 1.82) is 0 Å². The molecule has 0 radical (unpaired) electrons. The minimum atomic E-state index is 1.09. The van der Waals surface area contributed by atoms with Gasteiger partial charge in [0.05, 0.1) is 5.52 Å². The molecule has 0 atom stereocenters. The van der Waals surface area contributed by atoms with Crippen LogP contribution in [-0.2, 0) is 6.42 Å².